The molecule has 206 valence electrons. The summed E-state index contributed by atoms with van der Waals surface area (Å²) in [4.78, 5) is 44.7. The number of halogens is 2. The molecule has 1 aliphatic rings. The lowest BCUT2D eigenvalue weighted by molar-refractivity contribution is -0.140. The molecule has 0 saturated carbocycles. The van der Waals surface area contributed by atoms with Gasteiger partial charge in [-0.3, -0.25) is 14.4 Å². The van der Waals surface area contributed by atoms with Crippen LogP contribution < -0.4 is 10.6 Å². The largest absolute Gasteiger partial charge is 0.357 e. The van der Waals surface area contributed by atoms with Crippen molar-refractivity contribution in [2.75, 3.05) is 6.54 Å². The van der Waals surface area contributed by atoms with Crippen LogP contribution in [0, 0.1) is 17.6 Å². The third kappa shape index (κ3) is 6.03. The van der Waals surface area contributed by atoms with Gasteiger partial charge in [-0.25, -0.2) is 8.78 Å². The minimum absolute atomic E-state index is 0.141. The van der Waals surface area contributed by atoms with E-state index in [0.29, 0.717) is 19.5 Å². The van der Waals surface area contributed by atoms with Crippen LogP contribution in [0.4, 0.5) is 8.78 Å². The number of aromatic amines is 1. The van der Waals surface area contributed by atoms with Crippen molar-refractivity contribution >= 4 is 28.6 Å². The zero-order valence-corrected chi connectivity index (χ0v) is 22.0. The quantitative estimate of drug-likeness (QED) is 0.293. The number of amides is 3. The van der Waals surface area contributed by atoms with Crippen LogP contribution >= 0.6 is 0 Å². The smallest absolute Gasteiger partial charge is 0.245 e. The van der Waals surface area contributed by atoms with Gasteiger partial charge >= 0.3 is 0 Å². The van der Waals surface area contributed by atoms with E-state index in [1.165, 1.54) is 12.5 Å². The van der Waals surface area contributed by atoms with Crippen LogP contribution in [-0.4, -0.2) is 40.2 Å². The fraction of sp³-hybridized carbons (Fsp3) is 0.258. The van der Waals surface area contributed by atoms with Crippen LogP contribution in [0.2, 0.25) is 0 Å². The molecule has 1 aliphatic heterocycles. The first-order valence-corrected chi connectivity index (χ1v) is 13.2. The van der Waals surface area contributed by atoms with Gasteiger partial charge in [0.1, 0.15) is 23.6 Å². The van der Waals surface area contributed by atoms with Gasteiger partial charge in [0.05, 0.1) is 6.54 Å². The Hall–Kier alpha value is -4.53. The molecular formula is C31H30F2N4O3. The van der Waals surface area contributed by atoms with Gasteiger partial charge in [0.15, 0.2) is 0 Å². The molecule has 3 amide bonds. The van der Waals surface area contributed by atoms with Crippen molar-refractivity contribution in [3.8, 4) is 0 Å². The average Bonchev–Trinajstić information content (AvgIpc) is 3.32. The highest BCUT2D eigenvalue weighted by atomic mass is 19.1. The van der Waals surface area contributed by atoms with E-state index in [1.807, 2.05) is 48.5 Å². The second-order valence-corrected chi connectivity index (χ2v) is 10.1. The SMILES string of the molecule is CC(C(=O)NCc1cc(F)cc(F)c1)C(=O)NC(Cc1ccccc1)C(=O)N1CCc2c([nH]c3ccccc23)C1. The van der Waals surface area contributed by atoms with Crippen LogP contribution in [0.1, 0.15) is 29.3 Å². The Balaban J connectivity index is 1.28. The molecule has 7 nitrogen and oxygen atoms in total. The van der Waals surface area contributed by atoms with E-state index in [0.717, 1.165) is 40.4 Å². The topological polar surface area (TPSA) is 94.3 Å². The monoisotopic (exact) mass is 544 g/mol. The maximum atomic E-state index is 13.8. The predicted octanol–water partition coefficient (Wildman–Crippen LogP) is 4.01. The van der Waals surface area contributed by atoms with Crippen LogP contribution in [0.3, 0.4) is 0 Å². The molecule has 40 heavy (non-hydrogen) atoms. The molecule has 3 N–H and O–H groups in total. The molecule has 5 rings (SSSR count). The lowest BCUT2D eigenvalue weighted by atomic mass is 10.00. The minimum Gasteiger partial charge on any atom is -0.357 e. The van der Waals surface area contributed by atoms with E-state index >= 15 is 0 Å². The van der Waals surface area contributed by atoms with Crippen LogP contribution in [0.5, 0.6) is 0 Å². The normalized spacial score (nSPS) is 14.3. The summed E-state index contributed by atoms with van der Waals surface area (Å²) in [5.74, 6) is -4.10. The first-order chi connectivity index (χ1) is 19.3. The fourth-order valence-electron chi connectivity index (χ4n) is 5.12. The summed E-state index contributed by atoms with van der Waals surface area (Å²) in [6.07, 6.45) is 0.953. The second-order valence-electron chi connectivity index (χ2n) is 10.1. The Labute approximate surface area is 230 Å². The molecule has 0 radical (unpaired) electrons. The highest BCUT2D eigenvalue weighted by Gasteiger charge is 2.32. The van der Waals surface area contributed by atoms with Gasteiger partial charge in [0, 0.05) is 42.2 Å². The van der Waals surface area contributed by atoms with Gasteiger partial charge in [0.25, 0.3) is 0 Å². The number of H-pyrrole nitrogens is 1. The lowest BCUT2D eigenvalue weighted by Gasteiger charge is -2.31. The first-order valence-electron chi connectivity index (χ1n) is 13.2. The Morgan fingerprint density at radius 2 is 1.62 bits per heavy atom. The van der Waals surface area contributed by atoms with Crippen molar-refractivity contribution in [3.05, 3.63) is 107 Å². The molecule has 2 atom stereocenters. The van der Waals surface area contributed by atoms with Crippen molar-refractivity contribution in [3.63, 3.8) is 0 Å². The van der Waals surface area contributed by atoms with Crippen molar-refractivity contribution < 1.29 is 23.2 Å². The number of aromatic nitrogens is 1. The summed E-state index contributed by atoms with van der Waals surface area (Å²) in [7, 11) is 0. The standard InChI is InChI=1S/C31H30F2N4O3/c1-19(29(38)34-17-21-13-22(32)16-23(33)14-21)30(39)36-27(15-20-7-3-2-4-8-20)31(40)37-12-11-25-24-9-5-6-10-26(24)35-28(25)18-37/h2-10,13-14,16,19,27,35H,11-12,15,17-18H2,1H3,(H,34,38)(H,36,39). The van der Waals surface area contributed by atoms with E-state index in [9.17, 15) is 23.2 Å². The number of benzene rings is 3. The summed E-state index contributed by atoms with van der Waals surface area (Å²) >= 11 is 0. The molecule has 4 aromatic rings. The van der Waals surface area contributed by atoms with Gasteiger partial charge in [-0.1, -0.05) is 48.5 Å². The number of rotatable bonds is 8. The Bertz CT molecular complexity index is 1530. The Morgan fingerprint density at radius 3 is 2.38 bits per heavy atom. The first kappa shape index (κ1) is 27.1. The molecule has 0 spiro atoms. The second kappa shape index (κ2) is 11.7. The highest BCUT2D eigenvalue weighted by Crippen LogP contribution is 2.28. The van der Waals surface area contributed by atoms with E-state index in [-0.39, 0.29) is 24.4 Å². The third-order valence-electron chi connectivity index (χ3n) is 7.27. The maximum Gasteiger partial charge on any atom is 0.245 e. The summed E-state index contributed by atoms with van der Waals surface area (Å²) < 4.78 is 26.9. The highest BCUT2D eigenvalue weighted by molar-refractivity contribution is 6.01. The maximum absolute atomic E-state index is 13.8. The molecule has 9 heteroatoms. The van der Waals surface area contributed by atoms with Gasteiger partial charge in [-0.15, -0.1) is 0 Å². The summed E-state index contributed by atoms with van der Waals surface area (Å²) in [5.41, 5.74) is 4.31. The number of carbonyl (C=O) groups is 3. The number of para-hydroxylation sites is 1. The molecule has 0 bridgehead atoms. The number of carbonyl (C=O) groups excluding carboxylic acids is 3. The number of fused-ring (bicyclic) bond motifs is 3. The molecule has 2 unspecified atom stereocenters. The average molecular weight is 545 g/mol. The van der Waals surface area contributed by atoms with E-state index in [1.54, 1.807) is 4.90 Å². The van der Waals surface area contributed by atoms with Crippen molar-refractivity contribution in [2.24, 2.45) is 5.92 Å². The molecule has 2 heterocycles. The van der Waals surface area contributed by atoms with E-state index < -0.39 is 35.4 Å². The fourth-order valence-corrected chi connectivity index (χ4v) is 5.12. The van der Waals surface area contributed by atoms with Gasteiger partial charge in [-0.05, 0) is 48.2 Å². The lowest BCUT2D eigenvalue weighted by Crippen LogP contribution is -2.53. The molecule has 0 fully saturated rings. The molecule has 3 aromatic carbocycles. The minimum atomic E-state index is -1.13. The predicted molar refractivity (Wildman–Crippen MR) is 147 cm³/mol. The molecule has 0 aliphatic carbocycles. The van der Waals surface area contributed by atoms with Gasteiger partial charge in [0.2, 0.25) is 17.7 Å². The zero-order chi connectivity index (χ0) is 28.2. The van der Waals surface area contributed by atoms with Crippen molar-refractivity contribution in [1.82, 2.24) is 20.5 Å². The Kier molecular flexibility index (Phi) is 7.91. The van der Waals surface area contributed by atoms with Gasteiger partial charge in [-0.2, -0.15) is 0 Å². The molecular weight excluding hydrogens is 514 g/mol. The Morgan fingerprint density at radius 1 is 0.925 bits per heavy atom. The molecule has 1 aromatic heterocycles. The number of nitrogens with zero attached hydrogens (tertiary/aromatic N) is 1. The van der Waals surface area contributed by atoms with E-state index in [4.69, 9.17) is 0 Å². The van der Waals surface area contributed by atoms with Crippen LogP contribution in [0.15, 0.2) is 72.8 Å². The molecule has 0 saturated heterocycles. The summed E-state index contributed by atoms with van der Waals surface area (Å²) in [6, 6.07) is 19.5. The zero-order valence-electron chi connectivity index (χ0n) is 22.0. The van der Waals surface area contributed by atoms with Crippen LogP contribution in [-0.2, 0) is 40.3 Å². The number of hydrogen-bond donors (Lipinski definition) is 3. The van der Waals surface area contributed by atoms with Crippen molar-refractivity contribution in [2.45, 2.75) is 38.9 Å². The van der Waals surface area contributed by atoms with Crippen LogP contribution in [0.25, 0.3) is 10.9 Å². The number of nitrogens with one attached hydrogen (secondary N) is 3. The summed E-state index contributed by atoms with van der Waals surface area (Å²) in [6.45, 7) is 2.19. The van der Waals surface area contributed by atoms with Crippen molar-refractivity contribution in [1.29, 1.82) is 0 Å². The van der Waals surface area contributed by atoms with Gasteiger partial charge < -0.3 is 20.5 Å². The summed E-state index contributed by atoms with van der Waals surface area (Å²) in [5, 5.41) is 6.48. The van der Waals surface area contributed by atoms with E-state index in [2.05, 4.69) is 21.7 Å². The number of hydrogen-bond acceptors (Lipinski definition) is 3. The third-order valence-corrected chi connectivity index (χ3v) is 7.27.